The van der Waals surface area contributed by atoms with Crippen LogP contribution >= 0.6 is 0 Å². The molecule has 0 spiro atoms. The Balaban J connectivity index is 2.32. The van der Waals surface area contributed by atoms with Gasteiger partial charge in [-0.25, -0.2) is 4.79 Å². The Bertz CT molecular complexity index is 2090. The quantitative estimate of drug-likeness (QED) is 0.0293. The molecule has 0 aromatic carbocycles. The molecule has 0 saturated carbocycles. The number of nitrogens with zero attached hydrogens (tertiary/aromatic N) is 2. The molecule has 2 aliphatic rings. The average Bonchev–Trinajstić information content (AvgIpc) is 4.07. The third kappa shape index (κ3) is 22.1. The van der Waals surface area contributed by atoms with Gasteiger partial charge in [0.2, 0.25) is 59.1 Å². The van der Waals surface area contributed by atoms with Gasteiger partial charge >= 0.3 is 11.9 Å². The molecule has 17 N–H and O–H groups in total. The van der Waals surface area contributed by atoms with E-state index in [9.17, 15) is 67.7 Å². The first-order chi connectivity index (χ1) is 36.6. The van der Waals surface area contributed by atoms with E-state index in [1.54, 1.807) is 27.7 Å². The number of carbonyl (C=O) groups excluding carboxylic acids is 10. The first kappa shape index (κ1) is 67.6. The summed E-state index contributed by atoms with van der Waals surface area (Å²) in [5.41, 5.74) is 22.3. The van der Waals surface area contributed by atoms with E-state index in [0.717, 1.165) is 0 Å². The Labute approximate surface area is 456 Å². The smallest absolute Gasteiger partial charge is 0.326 e. The maximum absolute atomic E-state index is 14.4. The lowest BCUT2D eigenvalue weighted by molar-refractivity contribution is -0.145. The third-order valence-electron chi connectivity index (χ3n) is 13.6. The van der Waals surface area contributed by atoms with Crippen LogP contribution in [0.5, 0.6) is 0 Å². The lowest BCUT2D eigenvalue weighted by atomic mass is 9.98. The van der Waals surface area contributed by atoms with Crippen molar-refractivity contribution in [1.82, 2.24) is 47.0 Å². The van der Waals surface area contributed by atoms with E-state index in [0.29, 0.717) is 45.1 Å². The van der Waals surface area contributed by atoms with Gasteiger partial charge in [-0.3, -0.25) is 52.7 Å². The number of carboxylic acid groups (broad SMARTS) is 2. The lowest BCUT2D eigenvalue weighted by Gasteiger charge is -2.33. The number of amides is 10. The van der Waals surface area contributed by atoms with Gasteiger partial charge in [0.15, 0.2) is 0 Å². The summed E-state index contributed by atoms with van der Waals surface area (Å²) in [6.45, 7) is 12.6. The summed E-state index contributed by atoms with van der Waals surface area (Å²) in [5, 5.41) is 37.5. The molecular formula is C51H89N13O14. The summed E-state index contributed by atoms with van der Waals surface area (Å²) in [6.07, 6.45) is 1.78. The molecule has 27 heteroatoms. The van der Waals surface area contributed by atoms with Crippen molar-refractivity contribution in [2.75, 3.05) is 26.2 Å². The molecular weight excluding hydrogens is 1020 g/mol. The van der Waals surface area contributed by atoms with Crippen molar-refractivity contribution in [2.45, 2.75) is 205 Å². The van der Waals surface area contributed by atoms with Crippen LogP contribution in [0.1, 0.15) is 145 Å². The number of primary amides is 1. The minimum absolute atomic E-state index is 0.0315. The van der Waals surface area contributed by atoms with Crippen molar-refractivity contribution in [2.24, 2.45) is 40.7 Å². The molecule has 0 unspecified atom stereocenters. The predicted molar refractivity (Wildman–Crippen MR) is 285 cm³/mol. The van der Waals surface area contributed by atoms with Crippen LogP contribution in [0.3, 0.4) is 0 Å². The van der Waals surface area contributed by atoms with Gasteiger partial charge in [-0.05, 0) is 121 Å². The number of aliphatic carboxylic acids is 2. The SMILES string of the molecule is CC(C)C[C@H](NC(=O)[C@@H]1CCCN1C(=O)[C@@H](NC(=O)[C@@H]1CCCN1C(=O)[C@H](CCC(=O)O)NC(=O)[C@H](C)N)C(C)C)C(=O)N[C@H](C(=O)N[C@@H](CCCCN)C(=O)N[C@@H](CCC(N)=O)C(=O)N[C@@H](CCCCN)C(=O)O)C(C)C. The predicted octanol–water partition coefficient (Wildman–Crippen LogP) is -2.46. The summed E-state index contributed by atoms with van der Waals surface area (Å²) in [7, 11) is 0. The van der Waals surface area contributed by atoms with E-state index in [-0.39, 0.29) is 76.9 Å². The maximum atomic E-state index is 14.4. The largest absolute Gasteiger partial charge is 0.481 e. The summed E-state index contributed by atoms with van der Waals surface area (Å²) >= 11 is 0. The van der Waals surface area contributed by atoms with Gasteiger partial charge in [-0.2, -0.15) is 0 Å². The van der Waals surface area contributed by atoms with Gasteiger partial charge in [0.05, 0.1) is 6.04 Å². The van der Waals surface area contributed by atoms with Crippen molar-refractivity contribution in [3.63, 3.8) is 0 Å². The summed E-state index contributed by atoms with van der Waals surface area (Å²) < 4.78 is 0. The van der Waals surface area contributed by atoms with Crippen LogP contribution in [0.15, 0.2) is 0 Å². The second-order valence-corrected chi connectivity index (χ2v) is 21.4. The zero-order valence-corrected chi connectivity index (χ0v) is 46.4. The summed E-state index contributed by atoms with van der Waals surface area (Å²) in [4.78, 5) is 162. The third-order valence-corrected chi connectivity index (χ3v) is 13.6. The Morgan fingerprint density at radius 2 is 0.949 bits per heavy atom. The topological polar surface area (TPSA) is 440 Å². The molecule has 78 heavy (non-hydrogen) atoms. The number of carbonyl (C=O) groups is 12. The van der Waals surface area contributed by atoms with Crippen molar-refractivity contribution >= 4 is 71.0 Å². The molecule has 2 rings (SSSR count). The molecule has 10 atom stereocenters. The van der Waals surface area contributed by atoms with E-state index in [1.165, 1.54) is 16.7 Å². The molecule has 442 valence electrons. The number of hydrogen-bond acceptors (Lipinski definition) is 15. The Hall–Kier alpha value is -6.48. The highest BCUT2D eigenvalue weighted by molar-refractivity contribution is 5.99. The van der Waals surface area contributed by atoms with Gasteiger partial charge in [0.1, 0.15) is 54.4 Å². The molecule has 2 fully saturated rings. The van der Waals surface area contributed by atoms with Crippen molar-refractivity contribution < 1.29 is 67.7 Å². The standard InChI is InChI=1S/C51H89N13O14/c1-27(2)26-35(45(71)61-40(28(3)4)48(74)57-31(14-8-10-22-52)43(69)56-32(18-20-38(55)65)44(70)59-34(51(77)78)15-9-11-23-53)60-46(72)36-16-13-25-64(36)50(76)41(29(5)6)62-47(73)37-17-12-24-63(37)49(75)33(19-21-39(66)67)58-42(68)30(7)54/h27-37,40-41H,8-26,52-54H2,1-7H3,(H2,55,65)(H,56,69)(H,57,74)(H,58,68)(H,59,70)(H,60,72)(H,61,71)(H,62,73)(H,66,67)(H,77,78)/t30-,31-,32-,33-,34-,35-,36-,37-,40-,41-/m0/s1. The first-order valence-electron chi connectivity index (χ1n) is 27.3. The van der Waals surface area contributed by atoms with Gasteiger partial charge < -0.3 is 80.2 Å². The zero-order valence-electron chi connectivity index (χ0n) is 46.4. The highest BCUT2D eigenvalue weighted by Gasteiger charge is 2.43. The van der Waals surface area contributed by atoms with Crippen molar-refractivity contribution in [3.05, 3.63) is 0 Å². The van der Waals surface area contributed by atoms with Crippen molar-refractivity contribution in [3.8, 4) is 0 Å². The van der Waals surface area contributed by atoms with Gasteiger partial charge in [0, 0.05) is 25.9 Å². The fraction of sp³-hybridized carbons (Fsp3) is 0.765. The van der Waals surface area contributed by atoms with E-state index in [4.69, 9.17) is 22.9 Å². The average molecular weight is 1110 g/mol. The second-order valence-electron chi connectivity index (χ2n) is 21.4. The Morgan fingerprint density at radius 1 is 0.500 bits per heavy atom. The number of rotatable bonds is 35. The van der Waals surface area contributed by atoms with Gasteiger partial charge in [-0.15, -0.1) is 0 Å². The second kappa shape index (κ2) is 33.7. The number of nitrogens with one attached hydrogen (secondary N) is 7. The molecule has 0 aromatic heterocycles. The normalized spacial score (nSPS) is 18.4. The lowest BCUT2D eigenvalue weighted by Crippen LogP contribution is -2.61. The molecule has 0 radical (unpaired) electrons. The molecule has 10 amide bonds. The Morgan fingerprint density at radius 3 is 1.42 bits per heavy atom. The highest BCUT2D eigenvalue weighted by atomic mass is 16.4. The van der Waals surface area contributed by atoms with E-state index < -0.39 is 150 Å². The highest BCUT2D eigenvalue weighted by Crippen LogP contribution is 2.24. The zero-order chi connectivity index (χ0) is 59.0. The summed E-state index contributed by atoms with van der Waals surface area (Å²) in [6, 6.07) is -12.1. The Kier molecular flexibility index (Phi) is 29.2. The number of nitrogens with two attached hydrogens (primary N) is 4. The number of unbranched alkanes of at least 4 members (excludes halogenated alkanes) is 2. The maximum Gasteiger partial charge on any atom is 0.326 e. The van der Waals surface area contributed by atoms with Crippen LogP contribution < -0.4 is 60.2 Å². The molecule has 2 heterocycles. The van der Waals surface area contributed by atoms with Crippen LogP contribution in [-0.2, 0) is 57.5 Å². The van der Waals surface area contributed by atoms with Crippen molar-refractivity contribution in [1.29, 1.82) is 0 Å². The van der Waals surface area contributed by atoms with Crippen LogP contribution in [0.2, 0.25) is 0 Å². The molecule has 27 nitrogen and oxygen atoms in total. The molecule has 0 aromatic rings. The fourth-order valence-electron chi connectivity index (χ4n) is 9.21. The monoisotopic (exact) mass is 1110 g/mol. The van der Waals surface area contributed by atoms with Crippen LogP contribution in [-0.4, -0.2) is 178 Å². The molecule has 0 bridgehead atoms. The van der Waals surface area contributed by atoms with E-state index in [2.05, 4.69) is 37.2 Å². The van der Waals surface area contributed by atoms with Gasteiger partial charge in [0.25, 0.3) is 0 Å². The van der Waals surface area contributed by atoms with Crippen LogP contribution in [0.4, 0.5) is 0 Å². The minimum atomic E-state index is -1.43. The van der Waals surface area contributed by atoms with E-state index in [1.807, 2.05) is 13.8 Å². The molecule has 2 saturated heterocycles. The number of carboxylic acids is 2. The molecule has 2 aliphatic heterocycles. The summed E-state index contributed by atoms with van der Waals surface area (Å²) in [5.74, 6) is -11.1. The van der Waals surface area contributed by atoms with Crippen LogP contribution in [0.25, 0.3) is 0 Å². The van der Waals surface area contributed by atoms with Gasteiger partial charge in [-0.1, -0.05) is 41.5 Å². The minimum Gasteiger partial charge on any atom is -0.481 e. The van der Waals surface area contributed by atoms with E-state index >= 15 is 0 Å². The van der Waals surface area contributed by atoms with Crippen LogP contribution in [0, 0.1) is 17.8 Å². The fourth-order valence-corrected chi connectivity index (χ4v) is 9.21. The number of likely N-dealkylation sites (tertiary alicyclic amines) is 2. The first-order valence-corrected chi connectivity index (χ1v) is 27.3. The number of hydrogen-bond donors (Lipinski definition) is 13. The molecule has 0 aliphatic carbocycles.